The minimum Gasteiger partial charge on any atom is -0.379 e. The lowest BCUT2D eigenvalue weighted by Gasteiger charge is -2.28. The first kappa shape index (κ1) is 13.0. The number of rotatable bonds is 4. The van der Waals surface area contributed by atoms with Gasteiger partial charge in [-0.15, -0.1) is 0 Å². The molecule has 0 bridgehead atoms. The van der Waals surface area contributed by atoms with Crippen molar-refractivity contribution >= 4 is 5.69 Å². The summed E-state index contributed by atoms with van der Waals surface area (Å²) in [7, 11) is 0. The number of hydrogen-bond donors (Lipinski definition) is 1. The van der Waals surface area contributed by atoms with Gasteiger partial charge in [0.1, 0.15) is 0 Å². The summed E-state index contributed by atoms with van der Waals surface area (Å²) in [6.07, 6.45) is 0.965. The van der Waals surface area contributed by atoms with Gasteiger partial charge in [0.2, 0.25) is 0 Å². The van der Waals surface area contributed by atoms with Gasteiger partial charge >= 0.3 is 0 Å². The first-order valence-corrected chi connectivity index (χ1v) is 6.10. The molecule has 1 aliphatic rings. The Morgan fingerprint density at radius 1 is 1.56 bits per heavy atom. The van der Waals surface area contributed by atoms with Gasteiger partial charge in [0.25, 0.3) is 5.69 Å². The average molecular weight is 250 g/mol. The predicted octanol–water partition coefficient (Wildman–Crippen LogP) is 2.42. The lowest BCUT2D eigenvalue weighted by atomic mass is 9.98. The molecule has 98 valence electrons. The Labute approximate surface area is 106 Å². The van der Waals surface area contributed by atoms with Crippen molar-refractivity contribution in [3.63, 3.8) is 0 Å². The Kier molecular flexibility index (Phi) is 3.63. The molecular weight excluding hydrogens is 232 g/mol. The van der Waals surface area contributed by atoms with Crippen LogP contribution in [0, 0.1) is 10.1 Å². The smallest absolute Gasteiger partial charge is 0.269 e. The van der Waals surface area contributed by atoms with Gasteiger partial charge in [0.15, 0.2) is 0 Å². The Bertz CT molecular complexity index is 442. The standard InChI is InChI=1S/C13H18N2O3/c1-10(14-13(2)6-7-18-9-13)11-4-3-5-12(8-11)15(16)17/h3-5,8,10,14H,6-7,9H2,1-2H3/t10-,13+/m1/s1. The lowest BCUT2D eigenvalue weighted by Crippen LogP contribution is -2.44. The maximum atomic E-state index is 10.7. The monoisotopic (exact) mass is 250 g/mol. The van der Waals surface area contributed by atoms with Gasteiger partial charge in [0, 0.05) is 30.3 Å². The second-order valence-corrected chi connectivity index (χ2v) is 5.08. The van der Waals surface area contributed by atoms with Crippen molar-refractivity contribution in [3.05, 3.63) is 39.9 Å². The molecule has 0 amide bonds. The quantitative estimate of drug-likeness (QED) is 0.658. The van der Waals surface area contributed by atoms with Crippen molar-refractivity contribution in [3.8, 4) is 0 Å². The zero-order valence-electron chi connectivity index (χ0n) is 10.7. The molecule has 0 spiro atoms. The lowest BCUT2D eigenvalue weighted by molar-refractivity contribution is -0.384. The summed E-state index contributed by atoms with van der Waals surface area (Å²) in [6, 6.07) is 6.83. The first-order chi connectivity index (χ1) is 8.50. The largest absolute Gasteiger partial charge is 0.379 e. The second-order valence-electron chi connectivity index (χ2n) is 5.08. The van der Waals surface area contributed by atoms with Crippen LogP contribution < -0.4 is 5.32 Å². The van der Waals surface area contributed by atoms with E-state index < -0.39 is 0 Å². The van der Waals surface area contributed by atoms with Gasteiger partial charge < -0.3 is 10.1 Å². The van der Waals surface area contributed by atoms with E-state index in [-0.39, 0.29) is 22.2 Å². The highest BCUT2D eigenvalue weighted by Gasteiger charge is 2.31. The molecule has 5 nitrogen and oxygen atoms in total. The van der Waals surface area contributed by atoms with Gasteiger partial charge in [-0.05, 0) is 25.8 Å². The summed E-state index contributed by atoms with van der Waals surface area (Å²) in [5.41, 5.74) is 1.02. The highest BCUT2D eigenvalue weighted by Crippen LogP contribution is 2.25. The van der Waals surface area contributed by atoms with Crippen LogP contribution in [0.3, 0.4) is 0 Å². The molecule has 0 aromatic heterocycles. The van der Waals surface area contributed by atoms with Crippen molar-refractivity contribution < 1.29 is 9.66 Å². The maximum absolute atomic E-state index is 10.7. The van der Waals surface area contributed by atoms with Crippen molar-refractivity contribution in [1.82, 2.24) is 5.32 Å². The zero-order valence-corrected chi connectivity index (χ0v) is 10.7. The van der Waals surface area contributed by atoms with Crippen LogP contribution in [-0.2, 0) is 4.74 Å². The fraction of sp³-hybridized carbons (Fsp3) is 0.538. The summed E-state index contributed by atoms with van der Waals surface area (Å²) in [6.45, 7) is 5.59. The minimum absolute atomic E-state index is 0.0377. The van der Waals surface area contributed by atoms with E-state index in [0.29, 0.717) is 6.61 Å². The number of nitrogens with one attached hydrogen (secondary N) is 1. The summed E-state index contributed by atoms with van der Waals surface area (Å²) < 4.78 is 5.39. The summed E-state index contributed by atoms with van der Waals surface area (Å²) in [5, 5.41) is 14.2. The number of hydrogen-bond acceptors (Lipinski definition) is 4. The predicted molar refractivity (Wildman–Crippen MR) is 68.5 cm³/mol. The second kappa shape index (κ2) is 5.04. The summed E-state index contributed by atoms with van der Waals surface area (Å²) in [4.78, 5) is 10.4. The molecule has 18 heavy (non-hydrogen) atoms. The Hall–Kier alpha value is -1.46. The van der Waals surface area contributed by atoms with Crippen molar-refractivity contribution in [1.29, 1.82) is 0 Å². The third-order valence-corrected chi connectivity index (χ3v) is 3.36. The highest BCUT2D eigenvalue weighted by atomic mass is 16.6. The summed E-state index contributed by atoms with van der Waals surface area (Å²) in [5.74, 6) is 0. The summed E-state index contributed by atoms with van der Waals surface area (Å²) >= 11 is 0. The SMILES string of the molecule is C[C@@H](N[C@@]1(C)CCOC1)c1cccc([N+](=O)[O-])c1. The van der Waals surface area contributed by atoms with Crippen LogP contribution in [0.4, 0.5) is 5.69 Å². The third kappa shape index (κ3) is 2.86. The van der Waals surface area contributed by atoms with Crippen LogP contribution in [-0.4, -0.2) is 23.7 Å². The molecular formula is C13H18N2O3. The van der Waals surface area contributed by atoms with Gasteiger partial charge in [-0.25, -0.2) is 0 Å². The van der Waals surface area contributed by atoms with Gasteiger partial charge in [-0.1, -0.05) is 12.1 Å². The van der Waals surface area contributed by atoms with E-state index in [1.807, 2.05) is 13.0 Å². The van der Waals surface area contributed by atoms with Gasteiger partial charge in [0.05, 0.1) is 11.5 Å². The molecule has 1 aromatic carbocycles. The fourth-order valence-corrected chi connectivity index (χ4v) is 2.29. The first-order valence-electron chi connectivity index (χ1n) is 6.10. The molecule has 0 radical (unpaired) electrons. The van der Waals surface area contributed by atoms with Gasteiger partial charge in [-0.2, -0.15) is 0 Å². The maximum Gasteiger partial charge on any atom is 0.269 e. The number of ether oxygens (including phenoxy) is 1. The molecule has 1 fully saturated rings. The molecule has 0 aliphatic carbocycles. The highest BCUT2D eigenvalue weighted by molar-refractivity contribution is 5.35. The molecule has 1 saturated heterocycles. The van der Waals surface area contributed by atoms with E-state index in [0.717, 1.165) is 18.6 Å². The number of non-ortho nitro benzene ring substituents is 1. The van der Waals surface area contributed by atoms with E-state index in [2.05, 4.69) is 12.2 Å². The molecule has 1 aliphatic heterocycles. The number of nitrogens with zero attached hydrogens (tertiary/aromatic N) is 1. The van der Waals surface area contributed by atoms with Crippen LogP contribution >= 0.6 is 0 Å². The molecule has 2 rings (SSSR count). The fourth-order valence-electron chi connectivity index (χ4n) is 2.29. The molecule has 0 unspecified atom stereocenters. The van der Waals surface area contributed by atoms with Crippen LogP contribution in [0.15, 0.2) is 24.3 Å². The van der Waals surface area contributed by atoms with Crippen LogP contribution in [0.25, 0.3) is 0 Å². The van der Waals surface area contributed by atoms with Gasteiger partial charge in [-0.3, -0.25) is 10.1 Å². The number of nitro benzene ring substituents is 1. The van der Waals surface area contributed by atoms with E-state index in [4.69, 9.17) is 4.74 Å². The van der Waals surface area contributed by atoms with E-state index >= 15 is 0 Å². The van der Waals surface area contributed by atoms with Crippen LogP contribution in [0.2, 0.25) is 0 Å². The molecule has 2 atom stereocenters. The molecule has 1 N–H and O–H groups in total. The molecule has 1 aromatic rings. The zero-order chi connectivity index (χ0) is 13.2. The van der Waals surface area contributed by atoms with E-state index in [1.165, 1.54) is 6.07 Å². The van der Waals surface area contributed by atoms with E-state index in [1.54, 1.807) is 12.1 Å². The molecule has 5 heteroatoms. The Balaban J connectivity index is 2.10. The molecule has 0 saturated carbocycles. The average Bonchev–Trinajstić information content (AvgIpc) is 2.76. The van der Waals surface area contributed by atoms with E-state index in [9.17, 15) is 10.1 Å². The Morgan fingerprint density at radius 3 is 2.94 bits per heavy atom. The Morgan fingerprint density at radius 2 is 2.33 bits per heavy atom. The minimum atomic E-state index is -0.364. The normalized spacial score (nSPS) is 25.0. The van der Waals surface area contributed by atoms with Crippen molar-refractivity contribution in [2.24, 2.45) is 0 Å². The number of nitro groups is 1. The molecule has 1 heterocycles. The van der Waals surface area contributed by atoms with Crippen LogP contribution in [0.5, 0.6) is 0 Å². The number of benzene rings is 1. The topological polar surface area (TPSA) is 64.4 Å². The van der Waals surface area contributed by atoms with Crippen LogP contribution in [0.1, 0.15) is 31.9 Å². The van der Waals surface area contributed by atoms with Crippen molar-refractivity contribution in [2.75, 3.05) is 13.2 Å². The third-order valence-electron chi connectivity index (χ3n) is 3.36. The van der Waals surface area contributed by atoms with Crippen molar-refractivity contribution in [2.45, 2.75) is 31.8 Å².